The Labute approximate surface area is 128 Å². The summed E-state index contributed by atoms with van der Waals surface area (Å²) in [6.07, 6.45) is 7.11. The molecule has 0 N–H and O–H groups in total. The summed E-state index contributed by atoms with van der Waals surface area (Å²) in [4.78, 5) is 8.39. The van der Waals surface area contributed by atoms with Crippen LogP contribution in [0.4, 0.5) is 0 Å². The van der Waals surface area contributed by atoms with E-state index in [1.807, 2.05) is 44.3 Å². The molecule has 3 rings (SSSR count). The molecule has 6 nitrogen and oxygen atoms in total. The first-order valence-electron chi connectivity index (χ1n) is 6.84. The predicted molar refractivity (Wildman–Crippen MR) is 84.1 cm³/mol. The average molecular weight is 296 g/mol. The number of rotatable bonds is 4. The van der Waals surface area contributed by atoms with Crippen molar-refractivity contribution >= 4 is 17.1 Å². The van der Waals surface area contributed by atoms with Crippen LogP contribution in [-0.4, -0.2) is 26.9 Å². The quantitative estimate of drug-likeness (QED) is 0.740. The van der Waals surface area contributed by atoms with Gasteiger partial charge in [-0.1, -0.05) is 18.2 Å². The summed E-state index contributed by atoms with van der Waals surface area (Å²) in [5, 5.41) is 4.93. The second-order valence-electron chi connectivity index (χ2n) is 4.70. The number of methoxy groups -OCH3 is 1. The highest BCUT2D eigenvalue weighted by Gasteiger charge is 2.12. The average Bonchev–Trinajstić information content (AvgIpc) is 2.92. The van der Waals surface area contributed by atoms with E-state index >= 15 is 0 Å². The van der Waals surface area contributed by atoms with Crippen molar-refractivity contribution in [3.8, 4) is 17.4 Å². The van der Waals surface area contributed by atoms with Gasteiger partial charge in [-0.2, -0.15) is 5.10 Å². The Bertz CT molecular complexity index is 839. The number of aryl methyl sites for hydroxylation is 1. The first-order valence-corrected chi connectivity index (χ1v) is 6.84. The molecule has 0 spiro atoms. The molecule has 0 amide bonds. The highest BCUT2D eigenvalue weighted by Crippen LogP contribution is 2.34. The van der Waals surface area contributed by atoms with Crippen molar-refractivity contribution in [2.24, 2.45) is 7.05 Å². The maximum absolute atomic E-state index is 5.91. The third-order valence-corrected chi connectivity index (χ3v) is 3.25. The molecule has 0 aliphatic heterocycles. The Morgan fingerprint density at radius 1 is 1.18 bits per heavy atom. The van der Waals surface area contributed by atoms with Crippen molar-refractivity contribution in [2.75, 3.05) is 7.11 Å². The Morgan fingerprint density at radius 2 is 2.05 bits per heavy atom. The molecule has 0 bridgehead atoms. The molecule has 0 atom stereocenters. The molecule has 22 heavy (non-hydrogen) atoms. The highest BCUT2D eigenvalue weighted by molar-refractivity contribution is 5.80. The molecule has 1 aromatic carbocycles. The monoisotopic (exact) mass is 296 g/mol. The minimum absolute atomic E-state index is 0.454. The lowest BCUT2D eigenvalue weighted by Gasteiger charge is -2.10. The second kappa shape index (κ2) is 5.85. The number of allylic oxidation sites excluding steroid dienone is 1. The van der Waals surface area contributed by atoms with Crippen molar-refractivity contribution in [1.29, 1.82) is 0 Å². The standard InChI is InChI=1S/C16H16N4O2/c1-4-5-11-6-7-13(14(8-11)21-3)22-16-12-9-19-20(2)15(12)17-10-18-16/h4-10H,1-3H3. The fourth-order valence-electron chi connectivity index (χ4n) is 2.19. The lowest BCUT2D eigenvalue weighted by Crippen LogP contribution is -1.95. The van der Waals surface area contributed by atoms with Gasteiger partial charge < -0.3 is 9.47 Å². The molecule has 2 aromatic heterocycles. The largest absolute Gasteiger partial charge is 0.493 e. The third kappa shape index (κ3) is 2.50. The maximum Gasteiger partial charge on any atom is 0.233 e. The van der Waals surface area contributed by atoms with Crippen molar-refractivity contribution in [3.05, 3.63) is 42.4 Å². The van der Waals surface area contributed by atoms with Crippen LogP contribution in [0.2, 0.25) is 0 Å². The molecular weight excluding hydrogens is 280 g/mol. The van der Waals surface area contributed by atoms with E-state index in [4.69, 9.17) is 9.47 Å². The second-order valence-corrected chi connectivity index (χ2v) is 4.70. The number of ether oxygens (including phenoxy) is 2. The lowest BCUT2D eigenvalue weighted by atomic mass is 10.2. The van der Waals surface area contributed by atoms with E-state index in [0.29, 0.717) is 17.4 Å². The van der Waals surface area contributed by atoms with Crippen LogP contribution in [-0.2, 0) is 7.05 Å². The van der Waals surface area contributed by atoms with E-state index < -0.39 is 0 Å². The van der Waals surface area contributed by atoms with Crippen LogP contribution < -0.4 is 9.47 Å². The summed E-state index contributed by atoms with van der Waals surface area (Å²) < 4.78 is 13.0. The maximum atomic E-state index is 5.91. The van der Waals surface area contributed by atoms with E-state index in [9.17, 15) is 0 Å². The van der Waals surface area contributed by atoms with Gasteiger partial charge in [0.05, 0.1) is 13.3 Å². The van der Waals surface area contributed by atoms with E-state index in [2.05, 4.69) is 15.1 Å². The normalized spacial score (nSPS) is 11.2. The fourth-order valence-corrected chi connectivity index (χ4v) is 2.19. The predicted octanol–water partition coefficient (Wildman–Crippen LogP) is 3.20. The Kier molecular flexibility index (Phi) is 3.74. The first kappa shape index (κ1) is 14.1. The molecule has 0 aliphatic carbocycles. The Morgan fingerprint density at radius 3 is 2.82 bits per heavy atom. The molecule has 0 saturated carbocycles. The van der Waals surface area contributed by atoms with Gasteiger partial charge in [0.2, 0.25) is 5.88 Å². The van der Waals surface area contributed by atoms with Gasteiger partial charge in [-0.25, -0.2) is 9.97 Å². The van der Waals surface area contributed by atoms with Gasteiger partial charge in [0.15, 0.2) is 17.1 Å². The van der Waals surface area contributed by atoms with Crippen LogP contribution >= 0.6 is 0 Å². The SMILES string of the molecule is CC=Cc1ccc(Oc2ncnc3c2cnn3C)c(OC)c1. The number of nitrogens with zero attached hydrogens (tertiary/aromatic N) is 4. The molecule has 0 fully saturated rings. The van der Waals surface area contributed by atoms with Crippen molar-refractivity contribution in [3.63, 3.8) is 0 Å². The number of hydrogen-bond donors (Lipinski definition) is 0. The third-order valence-electron chi connectivity index (χ3n) is 3.25. The van der Waals surface area contributed by atoms with Crippen LogP contribution in [0.15, 0.2) is 36.8 Å². The number of hydrogen-bond acceptors (Lipinski definition) is 5. The molecule has 2 heterocycles. The van der Waals surface area contributed by atoms with Crippen LogP contribution in [0.5, 0.6) is 17.4 Å². The van der Waals surface area contributed by atoms with Gasteiger partial charge >= 0.3 is 0 Å². The summed E-state index contributed by atoms with van der Waals surface area (Å²) in [6.45, 7) is 1.97. The number of fused-ring (bicyclic) bond motifs is 1. The van der Waals surface area contributed by atoms with Crippen molar-refractivity contribution in [1.82, 2.24) is 19.7 Å². The van der Waals surface area contributed by atoms with Crippen LogP contribution in [0.3, 0.4) is 0 Å². The molecule has 0 radical (unpaired) electrons. The van der Waals surface area contributed by atoms with Crippen molar-refractivity contribution in [2.45, 2.75) is 6.92 Å². The summed E-state index contributed by atoms with van der Waals surface area (Å²) in [7, 11) is 3.44. The Hall–Kier alpha value is -2.89. The summed E-state index contributed by atoms with van der Waals surface area (Å²) >= 11 is 0. The smallest absolute Gasteiger partial charge is 0.233 e. The number of aromatic nitrogens is 4. The molecule has 0 saturated heterocycles. The minimum Gasteiger partial charge on any atom is -0.493 e. The molecule has 0 aliphatic rings. The molecular formula is C16H16N4O2. The topological polar surface area (TPSA) is 62.1 Å². The van der Waals surface area contributed by atoms with Gasteiger partial charge in [-0.05, 0) is 24.6 Å². The summed E-state index contributed by atoms with van der Waals surface area (Å²) in [5.41, 5.74) is 1.76. The zero-order valence-electron chi connectivity index (χ0n) is 12.6. The Balaban J connectivity index is 2.01. The van der Waals surface area contributed by atoms with Gasteiger partial charge in [0.25, 0.3) is 0 Å². The molecule has 0 unspecified atom stereocenters. The van der Waals surface area contributed by atoms with Gasteiger partial charge in [0.1, 0.15) is 11.7 Å². The zero-order chi connectivity index (χ0) is 15.5. The van der Waals surface area contributed by atoms with Crippen LogP contribution in [0, 0.1) is 0 Å². The number of benzene rings is 1. The highest BCUT2D eigenvalue weighted by atomic mass is 16.5. The van der Waals surface area contributed by atoms with Gasteiger partial charge in [0, 0.05) is 7.05 Å². The first-order chi connectivity index (χ1) is 10.7. The van der Waals surface area contributed by atoms with E-state index in [1.54, 1.807) is 18.0 Å². The van der Waals surface area contributed by atoms with Crippen LogP contribution in [0.25, 0.3) is 17.1 Å². The van der Waals surface area contributed by atoms with Gasteiger partial charge in [-0.3, -0.25) is 4.68 Å². The van der Waals surface area contributed by atoms with E-state index in [-0.39, 0.29) is 0 Å². The molecule has 3 aromatic rings. The summed E-state index contributed by atoms with van der Waals surface area (Å²) in [5.74, 6) is 1.70. The van der Waals surface area contributed by atoms with E-state index in [0.717, 1.165) is 16.6 Å². The zero-order valence-corrected chi connectivity index (χ0v) is 12.6. The fraction of sp³-hybridized carbons (Fsp3) is 0.188. The molecule has 112 valence electrons. The molecule has 6 heteroatoms. The minimum atomic E-state index is 0.454. The summed E-state index contributed by atoms with van der Waals surface area (Å²) in [6, 6.07) is 5.73. The van der Waals surface area contributed by atoms with Gasteiger partial charge in [-0.15, -0.1) is 0 Å². The lowest BCUT2D eigenvalue weighted by molar-refractivity contribution is 0.375. The van der Waals surface area contributed by atoms with Crippen LogP contribution in [0.1, 0.15) is 12.5 Å². The van der Waals surface area contributed by atoms with E-state index in [1.165, 1.54) is 6.33 Å². The van der Waals surface area contributed by atoms with Crippen molar-refractivity contribution < 1.29 is 9.47 Å².